The van der Waals surface area contributed by atoms with Crippen molar-refractivity contribution in [2.45, 2.75) is 13.0 Å². The molecule has 134 valence electrons. The third-order valence-electron chi connectivity index (χ3n) is 4.16. The van der Waals surface area contributed by atoms with Crippen molar-refractivity contribution in [3.8, 4) is 17.2 Å². The number of carbonyl (C=O) groups excluding carboxylic acids is 1. The Morgan fingerprint density at radius 2 is 1.81 bits per heavy atom. The fourth-order valence-electron chi connectivity index (χ4n) is 2.74. The van der Waals surface area contributed by atoms with Crippen LogP contribution in [0.2, 0.25) is 0 Å². The van der Waals surface area contributed by atoms with Crippen LogP contribution in [0.25, 0.3) is 22.2 Å². The highest BCUT2D eigenvalue weighted by Crippen LogP contribution is 2.22. The molecule has 1 N–H and O–H groups in total. The fourth-order valence-corrected chi connectivity index (χ4v) is 2.74. The van der Waals surface area contributed by atoms with Crippen LogP contribution in [0.1, 0.15) is 6.92 Å². The van der Waals surface area contributed by atoms with Crippen molar-refractivity contribution in [3.63, 3.8) is 0 Å². The summed E-state index contributed by atoms with van der Waals surface area (Å²) >= 11 is 0. The topological polar surface area (TPSA) is 77.2 Å². The van der Waals surface area contributed by atoms with E-state index in [1.807, 2.05) is 42.5 Å². The summed E-state index contributed by atoms with van der Waals surface area (Å²) in [7, 11) is 0. The SMILES string of the molecule is C[C@H](Oc1ccc(-c2nnco2)cc1)C(=O)Nc1ccc2ccccc2c1. The van der Waals surface area contributed by atoms with Gasteiger partial charge in [-0.25, -0.2) is 0 Å². The number of nitrogens with one attached hydrogen (secondary N) is 1. The van der Waals surface area contributed by atoms with E-state index in [0.29, 0.717) is 11.6 Å². The predicted molar refractivity (Wildman–Crippen MR) is 102 cm³/mol. The Bertz CT molecular complexity index is 1060. The average Bonchev–Trinajstić information content (AvgIpc) is 3.23. The number of anilines is 1. The first kappa shape index (κ1) is 16.8. The maximum Gasteiger partial charge on any atom is 0.265 e. The number of aromatic nitrogens is 2. The van der Waals surface area contributed by atoms with Gasteiger partial charge in [0.2, 0.25) is 12.3 Å². The van der Waals surface area contributed by atoms with Gasteiger partial charge in [0.15, 0.2) is 6.10 Å². The molecular weight excluding hydrogens is 342 g/mol. The minimum Gasteiger partial charge on any atom is -0.481 e. The number of rotatable bonds is 5. The Kier molecular flexibility index (Phi) is 4.53. The van der Waals surface area contributed by atoms with E-state index in [1.54, 1.807) is 31.2 Å². The van der Waals surface area contributed by atoms with Gasteiger partial charge >= 0.3 is 0 Å². The van der Waals surface area contributed by atoms with Crippen molar-refractivity contribution in [1.29, 1.82) is 0 Å². The van der Waals surface area contributed by atoms with Crippen LogP contribution in [0.5, 0.6) is 5.75 Å². The van der Waals surface area contributed by atoms with Crippen LogP contribution < -0.4 is 10.1 Å². The van der Waals surface area contributed by atoms with Crippen LogP contribution in [0.3, 0.4) is 0 Å². The Labute approximate surface area is 155 Å². The molecule has 27 heavy (non-hydrogen) atoms. The number of nitrogens with zero attached hydrogens (tertiary/aromatic N) is 2. The molecule has 0 aliphatic rings. The summed E-state index contributed by atoms with van der Waals surface area (Å²) in [6.45, 7) is 1.71. The lowest BCUT2D eigenvalue weighted by Gasteiger charge is -2.15. The van der Waals surface area contributed by atoms with E-state index in [4.69, 9.17) is 9.15 Å². The third kappa shape index (κ3) is 3.79. The lowest BCUT2D eigenvalue weighted by molar-refractivity contribution is -0.122. The zero-order valence-corrected chi connectivity index (χ0v) is 14.6. The molecule has 4 aromatic rings. The van der Waals surface area contributed by atoms with E-state index in [9.17, 15) is 4.79 Å². The number of hydrogen-bond donors (Lipinski definition) is 1. The predicted octanol–water partition coefficient (Wildman–Crippen LogP) is 4.30. The van der Waals surface area contributed by atoms with Gasteiger partial charge in [-0.05, 0) is 54.1 Å². The van der Waals surface area contributed by atoms with Gasteiger partial charge in [0.1, 0.15) is 5.75 Å². The molecule has 1 amide bonds. The second-order valence-corrected chi connectivity index (χ2v) is 6.08. The molecule has 6 heteroatoms. The molecule has 4 rings (SSSR count). The van der Waals surface area contributed by atoms with E-state index >= 15 is 0 Å². The average molecular weight is 359 g/mol. The molecule has 1 aromatic heterocycles. The molecular formula is C21H17N3O3. The number of fused-ring (bicyclic) bond motifs is 1. The number of carbonyl (C=O) groups is 1. The second kappa shape index (κ2) is 7.29. The molecule has 0 unspecified atom stereocenters. The maximum atomic E-state index is 12.4. The minimum absolute atomic E-state index is 0.216. The largest absolute Gasteiger partial charge is 0.481 e. The number of ether oxygens (including phenoxy) is 1. The first-order valence-electron chi connectivity index (χ1n) is 8.52. The Morgan fingerprint density at radius 3 is 2.56 bits per heavy atom. The van der Waals surface area contributed by atoms with Gasteiger partial charge in [0.05, 0.1) is 0 Å². The fraction of sp³-hybridized carbons (Fsp3) is 0.0952. The van der Waals surface area contributed by atoms with Crippen LogP contribution in [0.15, 0.2) is 77.5 Å². The summed E-state index contributed by atoms with van der Waals surface area (Å²) in [5.74, 6) is 0.800. The van der Waals surface area contributed by atoms with Crippen molar-refractivity contribution in [2.24, 2.45) is 0 Å². The van der Waals surface area contributed by atoms with Crippen molar-refractivity contribution in [2.75, 3.05) is 5.32 Å². The van der Waals surface area contributed by atoms with Crippen LogP contribution in [0, 0.1) is 0 Å². The highest BCUT2D eigenvalue weighted by molar-refractivity contribution is 5.96. The monoisotopic (exact) mass is 359 g/mol. The van der Waals surface area contributed by atoms with Crippen molar-refractivity contribution in [3.05, 3.63) is 73.1 Å². The Hall–Kier alpha value is -3.67. The van der Waals surface area contributed by atoms with Crippen molar-refractivity contribution in [1.82, 2.24) is 10.2 Å². The van der Waals surface area contributed by atoms with E-state index in [2.05, 4.69) is 15.5 Å². The number of amides is 1. The first-order chi connectivity index (χ1) is 13.2. The van der Waals surface area contributed by atoms with Gasteiger partial charge in [0, 0.05) is 11.3 Å². The number of hydrogen-bond acceptors (Lipinski definition) is 5. The summed E-state index contributed by atoms with van der Waals surface area (Å²) in [5.41, 5.74) is 1.52. The molecule has 1 heterocycles. The summed E-state index contributed by atoms with van der Waals surface area (Å²) in [5, 5.41) is 12.6. The third-order valence-corrected chi connectivity index (χ3v) is 4.16. The molecule has 0 aliphatic heterocycles. The molecule has 0 saturated heterocycles. The molecule has 0 fully saturated rings. The van der Waals surface area contributed by atoms with Gasteiger partial charge in [0.25, 0.3) is 5.91 Å². The van der Waals surface area contributed by atoms with Gasteiger partial charge in [-0.3, -0.25) is 4.79 Å². The Morgan fingerprint density at radius 1 is 1.04 bits per heavy atom. The molecule has 0 bridgehead atoms. The summed E-state index contributed by atoms with van der Waals surface area (Å²) < 4.78 is 10.9. The lowest BCUT2D eigenvalue weighted by atomic mass is 10.1. The second-order valence-electron chi connectivity index (χ2n) is 6.08. The van der Waals surface area contributed by atoms with Gasteiger partial charge in [-0.1, -0.05) is 30.3 Å². The van der Waals surface area contributed by atoms with E-state index in [0.717, 1.165) is 22.0 Å². The first-order valence-corrected chi connectivity index (χ1v) is 8.52. The van der Waals surface area contributed by atoms with Gasteiger partial charge in [-0.15, -0.1) is 10.2 Å². The number of benzene rings is 3. The molecule has 0 aliphatic carbocycles. The van der Waals surface area contributed by atoms with Crippen molar-refractivity contribution < 1.29 is 13.9 Å². The zero-order chi connectivity index (χ0) is 18.6. The molecule has 1 atom stereocenters. The highest BCUT2D eigenvalue weighted by Gasteiger charge is 2.15. The van der Waals surface area contributed by atoms with Crippen LogP contribution in [0.4, 0.5) is 5.69 Å². The minimum atomic E-state index is -0.647. The lowest BCUT2D eigenvalue weighted by Crippen LogP contribution is -2.30. The van der Waals surface area contributed by atoms with Crippen LogP contribution in [-0.4, -0.2) is 22.2 Å². The van der Waals surface area contributed by atoms with Crippen LogP contribution >= 0.6 is 0 Å². The summed E-state index contributed by atoms with van der Waals surface area (Å²) in [4.78, 5) is 12.4. The van der Waals surface area contributed by atoms with Crippen molar-refractivity contribution >= 4 is 22.4 Å². The molecule has 3 aromatic carbocycles. The van der Waals surface area contributed by atoms with E-state index in [-0.39, 0.29) is 5.91 Å². The van der Waals surface area contributed by atoms with Gasteiger partial charge < -0.3 is 14.5 Å². The maximum absolute atomic E-state index is 12.4. The smallest absolute Gasteiger partial charge is 0.265 e. The highest BCUT2D eigenvalue weighted by atomic mass is 16.5. The standard InChI is InChI=1S/C21H17N3O3/c1-14(27-19-10-7-16(8-11-19)21-24-22-13-26-21)20(25)23-18-9-6-15-4-2-3-5-17(15)12-18/h2-14H,1H3,(H,23,25)/t14-/m0/s1. The normalized spacial score (nSPS) is 11.9. The van der Waals surface area contributed by atoms with E-state index in [1.165, 1.54) is 6.39 Å². The Balaban J connectivity index is 1.41. The quantitative estimate of drug-likeness (QED) is 0.575. The molecule has 0 saturated carbocycles. The molecule has 0 radical (unpaired) electrons. The van der Waals surface area contributed by atoms with Crippen LogP contribution in [-0.2, 0) is 4.79 Å². The molecule has 0 spiro atoms. The van der Waals surface area contributed by atoms with Gasteiger partial charge in [-0.2, -0.15) is 0 Å². The summed E-state index contributed by atoms with van der Waals surface area (Å²) in [6.07, 6.45) is 0.629. The van der Waals surface area contributed by atoms with E-state index < -0.39 is 6.10 Å². The summed E-state index contributed by atoms with van der Waals surface area (Å²) in [6, 6.07) is 20.9. The molecule has 6 nitrogen and oxygen atoms in total. The zero-order valence-electron chi connectivity index (χ0n) is 14.6.